The van der Waals surface area contributed by atoms with Crippen molar-refractivity contribution in [2.24, 2.45) is 3.86 Å². The second kappa shape index (κ2) is 6.96. The summed E-state index contributed by atoms with van der Waals surface area (Å²) < 4.78 is 7.92. The molecule has 3 heteroatoms. The van der Waals surface area contributed by atoms with Crippen LogP contribution in [0.15, 0.2) is 111 Å². The standard InChI is InChI=1S/C22H17AsClN/c24-21-16-17-23(19-12-6-2-7-13-19,20-14-8-3-9-15-20)25-22(21)18-10-4-1-5-11-18/h1-17H. The summed E-state index contributed by atoms with van der Waals surface area (Å²) in [6.45, 7) is 0. The second-order valence-corrected chi connectivity index (χ2v) is 12.3. The summed E-state index contributed by atoms with van der Waals surface area (Å²) in [5.41, 5.74) is 1.96. The summed E-state index contributed by atoms with van der Waals surface area (Å²) in [5, 5.41) is 0.704. The Balaban J connectivity index is 2.02. The first-order valence-electron chi connectivity index (χ1n) is 8.17. The first kappa shape index (κ1) is 16.3. The number of benzene rings is 3. The molecule has 0 aromatic heterocycles. The average Bonchev–Trinajstić information content (AvgIpc) is 2.71. The molecule has 1 heterocycles. The Morgan fingerprint density at radius 3 is 1.64 bits per heavy atom. The van der Waals surface area contributed by atoms with E-state index in [-0.39, 0.29) is 0 Å². The zero-order chi connectivity index (χ0) is 17.1. The van der Waals surface area contributed by atoms with Gasteiger partial charge in [0.1, 0.15) is 0 Å². The van der Waals surface area contributed by atoms with E-state index < -0.39 is 13.4 Å². The van der Waals surface area contributed by atoms with Crippen LogP contribution in [0.1, 0.15) is 5.56 Å². The second-order valence-electron chi connectivity index (χ2n) is 5.83. The van der Waals surface area contributed by atoms with Crippen LogP contribution in [-0.4, -0.2) is 13.4 Å². The van der Waals surface area contributed by atoms with Crippen LogP contribution in [0.3, 0.4) is 0 Å². The van der Waals surface area contributed by atoms with Crippen LogP contribution in [0.5, 0.6) is 0 Å². The molecule has 0 radical (unpaired) electrons. The van der Waals surface area contributed by atoms with E-state index >= 15 is 0 Å². The van der Waals surface area contributed by atoms with Gasteiger partial charge in [-0.3, -0.25) is 0 Å². The van der Waals surface area contributed by atoms with Crippen molar-refractivity contribution in [2.75, 3.05) is 0 Å². The third kappa shape index (κ3) is 3.06. The van der Waals surface area contributed by atoms with Gasteiger partial charge in [-0.2, -0.15) is 0 Å². The van der Waals surface area contributed by atoms with Gasteiger partial charge in [-0.05, 0) is 0 Å². The topological polar surface area (TPSA) is 12.4 Å². The predicted molar refractivity (Wildman–Crippen MR) is 109 cm³/mol. The molecule has 4 rings (SSSR count). The van der Waals surface area contributed by atoms with Gasteiger partial charge >= 0.3 is 156 Å². The van der Waals surface area contributed by atoms with Crippen LogP contribution >= 0.6 is 11.6 Å². The molecule has 0 atom stereocenters. The Morgan fingerprint density at radius 1 is 0.640 bits per heavy atom. The molecule has 0 amide bonds. The van der Waals surface area contributed by atoms with Crippen molar-refractivity contribution in [2.45, 2.75) is 0 Å². The molecule has 0 unspecified atom stereocenters. The van der Waals surface area contributed by atoms with Gasteiger partial charge in [0.15, 0.2) is 0 Å². The van der Waals surface area contributed by atoms with Gasteiger partial charge in [0.25, 0.3) is 0 Å². The van der Waals surface area contributed by atoms with Gasteiger partial charge in [-0.15, -0.1) is 0 Å². The molecule has 0 saturated carbocycles. The Labute approximate surface area is 155 Å². The van der Waals surface area contributed by atoms with Gasteiger partial charge in [0.2, 0.25) is 0 Å². The number of hydrogen-bond acceptors (Lipinski definition) is 1. The van der Waals surface area contributed by atoms with E-state index in [0.717, 1.165) is 11.3 Å². The fourth-order valence-corrected chi connectivity index (χ4v) is 10.1. The van der Waals surface area contributed by atoms with Gasteiger partial charge in [0, 0.05) is 0 Å². The van der Waals surface area contributed by atoms with Crippen molar-refractivity contribution in [1.29, 1.82) is 0 Å². The summed E-state index contributed by atoms with van der Waals surface area (Å²) >= 11 is 3.69. The van der Waals surface area contributed by atoms with Crippen LogP contribution < -0.4 is 8.70 Å². The third-order valence-corrected chi connectivity index (χ3v) is 11.4. The van der Waals surface area contributed by atoms with Crippen molar-refractivity contribution in [3.05, 3.63) is 113 Å². The minimum atomic E-state index is -2.86. The molecule has 3 aromatic carbocycles. The fourth-order valence-electron chi connectivity index (χ4n) is 3.03. The number of halogens is 1. The van der Waals surface area contributed by atoms with Gasteiger partial charge < -0.3 is 0 Å². The van der Waals surface area contributed by atoms with Crippen LogP contribution in [0, 0.1) is 0 Å². The molecular formula is C22H17AsClN. The van der Waals surface area contributed by atoms with E-state index in [4.69, 9.17) is 15.5 Å². The Hall–Kier alpha value is -2.21. The number of allylic oxidation sites excluding steroid dienone is 2. The molecule has 1 aliphatic heterocycles. The summed E-state index contributed by atoms with van der Waals surface area (Å²) in [6.07, 6.45) is 2.05. The van der Waals surface area contributed by atoms with Crippen molar-refractivity contribution in [3.8, 4) is 0 Å². The van der Waals surface area contributed by atoms with E-state index in [1.807, 2.05) is 24.3 Å². The van der Waals surface area contributed by atoms with Crippen molar-refractivity contribution in [3.63, 3.8) is 0 Å². The number of rotatable bonds is 3. The van der Waals surface area contributed by atoms with Gasteiger partial charge in [0.05, 0.1) is 0 Å². The molecule has 3 aromatic rings. The maximum atomic E-state index is 6.55. The van der Waals surface area contributed by atoms with Crippen LogP contribution in [0.4, 0.5) is 0 Å². The molecule has 122 valence electrons. The molecule has 0 fully saturated rings. The molecule has 25 heavy (non-hydrogen) atoms. The van der Waals surface area contributed by atoms with Crippen LogP contribution in [-0.2, 0) is 0 Å². The van der Waals surface area contributed by atoms with Crippen molar-refractivity contribution in [1.82, 2.24) is 0 Å². The van der Waals surface area contributed by atoms with Gasteiger partial charge in [-0.25, -0.2) is 0 Å². The van der Waals surface area contributed by atoms with E-state index in [9.17, 15) is 0 Å². The molecule has 0 spiro atoms. The molecule has 0 N–H and O–H groups in total. The third-order valence-electron chi connectivity index (χ3n) is 4.27. The summed E-state index contributed by atoms with van der Waals surface area (Å²) in [6, 6.07) is 31.4. The summed E-state index contributed by atoms with van der Waals surface area (Å²) in [7, 11) is 0. The van der Waals surface area contributed by atoms with Crippen molar-refractivity contribution >= 4 is 39.4 Å². The molecular weight excluding hydrogens is 389 g/mol. The SMILES string of the molecule is ClC1=C(c2ccccc2)N=[As](c2ccccc2)(c2ccccc2)C=C1. The van der Waals surface area contributed by atoms with Crippen LogP contribution in [0.2, 0.25) is 0 Å². The first-order valence-corrected chi connectivity index (χ1v) is 12.3. The monoisotopic (exact) mass is 405 g/mol. The quantitative estimate of drug-likeness (QED) is 0.559. The predicted octanol–water partition coefficient (Wildman–Crippen LogP) is 4.73. The van der Waals surface area contributed by atoms with E-state index in [1.54, 1.807) is 0 Å². The van der Waals surface area contributed by atoms with Crippen LogP contribution in [0.25, 0.3) is 5.70 Å². The molecule has 0 bridgehead atoms. The molecule has 0 aliphatic carbocycles. The number of nitrogens with zero attached hydrogens (tertiary/aromatic N) is 1. The maximum absolute atomic E-state index is 6.55. The number of hydrogen-bond donors (Lipinski definition) is 0. The fraction of sp³-hybridized carbons (Fsp3) is 0. The molecule has 0 saturated heterocycles. The normalized spacial score (nSPS) is 15.7. The van der Waals surface area contributed by atoms with Crippen molar-refractivity contribution < 1.29 is 0 Å². The zero-order valence-corrected chi connectivity index (χ0v) is 16.2. The Kier molecular flexibility index (Phi) is 4.53. The zero-order valence-electron chi connectivity index (χ0n) is 13.6. The van der Waals surface area contributed by atoms with E-state index in [0.29, 0.717) is 5.03 Å². The Bertz CT molecular complexity index is 946. The first-order chi connectivity index (χ1) is 12.3. The van der Waals surface area contributed by atoms with Gasteiger partial charge in [-0.1, -0.05) is 0 Å². The van der Waals surface area contributed by atoms with E-state index in [2.05, 4.69) is 77.7 Å². The average molecular weight is 406 g/mol. The summed E-state index contributed by atoms with van der Waals surface area (Å²) in [5.74, 6) is 0. The molecule has 1 aliphatic rings. The van der Waals surface area contributed by atoms with E-state index in [1.165, 1.54) is 8.70 Å². The minimum absolute atomic E-state index is 0.704. The molecule has 1 nitrogen and oxygen atoms in total. The Morgan fingerprint density at radius 2 is 1.12 bits per heavy atom. The summed E-state index contributed by atoms with van der Waals surface area (Å²) in [4.78, 5) is 2.26.